The summed E-state index contributed by atoms with van der Waals surface area (Å²) in [6.45, 7) is 2.50. The van der Waals surface area contributed by atoms with Gasteiger partial charge >= 0.3 is 0 Å². The van der Waals surface area contributed by atoms with E-state index >= 15 is 0 Å². The van der Waals surface area contributed by atoms with Gasteiger partial charge in [-0.3, -0.25) is 9.48 Å². The summed E-state index contributed by atoms with van der Waals surface area (Å²) in [7, 11) is 3.69. The first-order chi connectivity index (χ1) is 17.0. The topological polar surface area (TPSA) is 77.1 Å². The van der Waals surface area contributed by atoms with Gasteiger partial charge in [0.2, 0.25) is 0 Å². The Labute approximate surface area is 204 Å². The largest absolute Gasteiger partial charge is 0.361 e. The molecule has 5 aromatic rings. The Hall–Kier alpha value is -4.26. The van der Waals surface area contributed by atoms with E-state index in [1.165, 1.54) is 0 Å². The highest BCUT2D eigenvalue weighted by Crippen LogP contribution is 2.28. The van der Waals surface area contributed by atoms with Crippen molar-refractivity contribution >= 4 is 16.9 Å². The van der Waals surface area contributed by atoms with E-state index in [2.05, 4.69) is 10.3 Å². The molecule has 0 spiro atoms. The summed E-state index contributed by atoms with van der Waals surface area (Å²) in [5.74, 6) is 0.763. The molecule has 0 aliphatic heterocycles. The molecule has 0 saturated carbocycles. The van der Waals surface area contributed by atoms with Crippen LogP contribution in [0.1, 0.15) is 28.2 Å². The van der Waals surface area contributed by atoms with Gasteiger partial charge in [0.1, 0.15) is 11.5 Å². The van der Waals surface area contributed by atoms with Crippen LogP contribution in [-0.2, 0) is 13.5 Å². The molecule has 7 heteroatoms. The highest BCUT2D eigenvalue weighted by atomic mass is 16.5. The van der Waals surface area contributed by atoms with Crippen LogP contribution < -0.4 is 0 Å². The minimum atomic E-state index is -0.0479. The number of aromatic nitrogens is 4. The quantitative estimate of drug-likeness (QED) is 0.326. The fourth-order valence-corrected chi connectivity index (χ4v) is 4.34. The number of amides is 1. The van der Waals surface area contributed by atoms with Gasteiger partial charge in [0.25, 0.3) is 5.91 Å². The minimum absolute atomic E-state index is 0.0479. The van der Waals surface area contributed by atoms with Gasteiger partial charge in [-0.2, -0.15) is 5.10 Å². The van der Waals surface area contributed by atoms with Crippen molar-refractivity contribution in [3.05, 3.63) is 89.8 Å². The molecule has 176 valence electrons. The summed E-state index contributed by atoms with van der Waals surface area (Å²) in [5.41, 5.74) is 5.69. The van der Waals surface area contributed by atoms with Gasteiger partial charge in [0.05, 0.1) is 22.3 Å². The third-order valence-corrected chi connectivity index (χ3v) is 6.16. The van der Waals surface area contributed by atoms with Crippen molar-refractivity contribution in [3.8, 4) is 22.5 Å². The fourth-order valence-electron chi connectivity index (χ4n) is 4.34. The summed E-state index contributed by atoms with van der Waals surface area (Å²) in [5, 5.41) is 9.50. The molecular formula is C28H27N5O2. The lowest BCUT2D eigenvalue weighted by molar-refractivity contribution is 0.0794. The summed E-state index contributed by atoms with van der Waals surface area (Å²) in [6.07, 6.45) is 1.46. The van der Waals surface area contributed by atoms with Crippen molar-refractivity contribution in [1.82, 2.24) is 24.8 Å². The molecule has 0 aliphatic rings. The van der Waals surface area contributed by atoms with Crippen LogP contribution in [0, 0.1) is 6.92 Å². The summed E-state index contributed by atoms with van der Waals surface area (Å²) < 4.78 is 7.25. The number of fused-ring (bicyclic) bond motifs is 1. The van der Waals surface area contributed by atoms with Gasteiger partial charge in [0, 0.05) is 44.3 Å². The maximum absolute atomic E-state index is 13.6. The Morgan fingerprint density at radius 3 is 2.31 bits per heavy atom. The van der Waals surface area contributed by atoms with Gasteiger partial charge in [-0.05, 0) is 19.4 Å². The van der Waals surface area contributed by atoms with E-state index in [9.17, 15) is 4.79 Å². The van der Waals surface area contributed by atoms with Crippen molar-refractivity contribution in [1.29, 1.82) is 0 Å². The second-order valence-corrected chi connectivity index (χ2v) is 8.70. The Morgan fingerprint density at radius 2 is 1.63 bits per heavy atom. The van der Waals surface area contributed by atoms with Crippen molar-refractivity contribution in [3.63, 3.8) is 0 Å². The van der Waals surface area contributed by atoms with E-state index < -0.39 is 0 Å². The molecule has 0 N–H and O–H groups in total. The second kappa shape index (κ2) is 9.54. The third-order valence-electron chi connectivity index (χ3n) is 6.16. The first-order valence-electron chi connectivity index (χ1n) is 11.7. The average molecular weight is 466 g/mol. The lowest BCUT2D eigenvalue weighted by Gasteiger charge is -2.18. The number of carbonyl (C=O) groups excluding carboxylic acids is 1. The molecular weight excluding hydrogens is 438 g/mol. The van der Waals surface area contributed by atoms with Crippen LogP contribution in [0.5, 0.6) is 0 Å². The number of aryl methyl sites for hydroxylation is 3. The van der Waals surface area contributed by atoms with E-state index in [0.717, 1.165) is 45.8 Å². The van der Waals surface area contributed by atoms with Crippen LogP contribution >= 0.6 is 0 Å². The van der Waals surface area contributed by atoms with E-state index in [-0.39, 0.29) is 5.91 Å². The van der Waals surface area contributed by atoms with E-state index in [1.54, 1.807) is 9.58 Å². The second-order valence-electron chi connectivity index (χ2n) is 8.70. The molecule has 0 radical (unpaired) electrons. The molecule has 0 unspecified atom stereocenters. The SMILES string of the molecule is Cc1nn(C)c2nc(-c3ccccc3)cc(C(=O)N(C)CCCc3cc(-c4ccccc4)no3)c12. The summed E-state index contributed by atoms with van der Waals surface area (Å²) in [4.78, 5) is 20.1. The van der Waals surface area contributed by atoms with Gasteiger partial charge in [0.15, 0.2) is 5.65 Å². The van der Waals surface area contributed by atoms with Gasteiger partial charge in [-0.25, -0.2) is 4.98 Å². The number of hydrogen-bond acceptors (Lipinski definition) is 5. The van der Waals surface area contributed by atoms with Crippen LogP contribution in [0.2, 0.25) is 0 Å². The van der Waals surface area contributed by atoms with Crippen molar-refractivity contribution < 1.29 is 9.32 Å². The van der Waals surface area contributed by atoms with Crippen LogP contribution in [0.3, 0.4) is 0 Å². The average Bonchev–Trinajstić information content (AvgIpc) is 3.48. The van der Waals surface area contributed by atoms with E-state index in [4.69, 9.17) is 9.51 Å². The number of rotatable bonds is 7. The monoisotopic (exact) mass is 465 g/mol. The molecule has 0 saturated heterocycles. The van der Waals surface area contributed by atoms with Crippen molar-refractivity contribution in [2.45, 2.75) is 19.8 Å². The maximum atomic E-state index is 13.6. The maximum Gasteiger partial charge on any atom is 0.254 e. The lowest BCUT2D eigenvalue weighted by Crippen LogP contribution is -2.28. The zero-order chi connectivity index (χ0) is 24.4. The lowest BCUT2D eigenvalue weighted by atomic mass is 10.0. The summed E-state index contributed by atoms with van der Waals surface area (Å²) >= 11 is 0. The van der Waals surface area contributed by atoms with Gasteiger partial charge in [-0.1, -0.05) is 65.8 Å². The van der Waals surface area contributed by atoms with Crippen LogP contribution in [0.25, 0.3) is 33.5 Å². The zero-order valence-electron chi connectivity index (χ0n) is 20.1. The number of pyridine rings is 1. The Kier molecular flexibility index (Phi) is 6.14. The first kappa shape index (κ1) is 22.5. The molecule has 5 rings (SSSR count). The molecule has 0 fully saturated rings. The van der Waals surface area contributed by atoms with Crippen LogP contribution in [-0.4, -0.2) is 44.3 Å². The molecule has 1 amide bonds. The zero-order valence-corrected chi connectivity index (χ0v) is 20.1. The number of hydrogen-bond donors (Lipinski definition) is 0. The van der Waals surface area contributed by atoms with Gasteiger partial charge in [-0.15, -0.1) is 0 Å². The molecule has 0 aliphatic carbocycles. The fraction of sp³-hybridized carbons (Fsp3) is 0.214. The predicted octanol–water partition coefficient (Wildman–Crippen LogP) is 5.30. The molecule has 3 heterocycles. The Morgan fingerprint density at radius 1 is 0.971 bits per heavy atom. The van der Waals surface area contributed by atoms with Crippen LogP contribution in [0.15, 0.2) is 77.3 Å². The number of nitrogens with zero attached hydrogens (tertiary/aromatic N) is 5. The predicted molar refractivity (Wildman–Crippen MR) is 136 cm³/mol. The van der Waals surface area contributed by atoms with Gasteiger partial charge < -0.3 is 9.42 Å². The highest BCUT2D eigenvalue weighted by molar-refractivity contribution is 6.07. The number of carbonyl (C=O) groups is 1. The molecule has 7 nitrogen and oxygen atoms in total. The Balaban J connectivity index is 1.34. The van der Waals surface area contributed by atoms with Crippen molar-refractivity contribution in [2.24, 2.45) is 7.05 Å². The normalized spacial score (nSPS) is 11.2. The van der Waals surface area contributed by atoms with E-state index in [1.807, 2.05) is 93.8 Å². The smallest absolute Gasteiger partial charge is 0.254 e. The molecule has 0 bridgehead atoms. The minimum Gasteiger partial charge on any atom is -0.361 e. The molecule has 0 atom stereocenters. The standard InChI is InChI=1S/C28H27N5O2/c1-19-26-23(18-24(20-11-6-4-7-12-20)29-27(26)33(3)30-19)28(34)32(2)16-10-15-22-17-25(31-35-22)21-13-8-5-9-14-21/h4-9,11-14,17-18H,10,15-16H2,1-3H3. The summed E-state index contributed by atoms with van der Waals surface area (Å²) in [6, 6.07) is 23.7. The third kappa shape index (κ3) is 4.57. The number of benzene rings is 2. The highest BCUT2D eigenvalue weighted by Gasteiger charge is 2.21. The van der Waals surface area contributed by atoms with Crippen molar-refractivity contribution in [2.75, 3.05) is 13.6 Å². The van der Waals surface area contributed by atoms with E-state index in [0.29, 0.717) is 24.2 Å². The molecule has 3 aromatic heterocycles. The molecule has 35 heavy (non-hydrogen) atoms. The molecule has 2 aromatic carbocycles. The first-order valence-corrected chi connectivity index (χ1v) is 11.7. The van der Waals surface area contributed by atoms with Crippen LogP contribution in [0.4, 0.5) is 0 Å². The Bertz CT molecular complexity index is 1470.